The lowest BCUT2D eigenvalue weighted by atomic mass is 10.1. The molecule has 1 aliphatic rings. The number of nitro groups is 1. The Morgan fingerprint density at radius 1 is 1.27 bits per heavy atom. The van der Waals surface area contributed by atoms with E-state index < -0.39 is 40.0 Å². The zero-order valence-corrected chi connectivity index (χ0v) is 18.9. The lowest BCUT2D eigenvalue weighted by molar-refractivity contribution is -0.386. The molecule has 2 aromatic carbocycles. The number of aryl methyl sites for hydroxylation is 2. The van der Waals surface area contributed by atoms with Gasteiger partial charge in [-0.25, -0.2) is 0 Å². The average Bonchev–Trinajstić information content (AvgIpc) is 3.00. The largest absolute Gasteiger partial charge is 0.500 e. The first kappa shape index (κ1) is 23.8. The van der Waals surface area contributed by atoms with Gasteiger partial charge in [0.2, 0.25) is 11.7 Å². The Morgan fingerprint density at radius 2 is 1.94 bits per heavy atom. The Labute approximate surface area is 193 Å². The quantitative estimate of drug-likeness (QED) is 0.351. The molecule has 2 aromatic rings. The van der Waals surface area contributed by atoms with Crippen LogP contribution in [-0.2, 0) is 9.59 Å². The number of hydrogen-bond acceptors (Lipinski definition) is 8. The maximum Gasteiger partial charge on any atom is 0.315 e. The zero-order valence-electron chi connectivity index (χ0n) is 18.1. The molecule has 33 heavy (non-hydrogen) atoms. The summed E-state index contributed by atoms with van der Waals surface area (Å²) in [6.45, 7) is 4.99. The Hall–Kier alpha value is -3.86. The molecule has 2 N–H and O–H groups in total. The van der Waals surface area contributed by atoms with Gasteiger partial charge in [-0.2, -0.15) is 0 Å². The molecule has 3 rings (SSSR count). The number of anilines is 1. The van der Waals surface area contributed by atoms with Crippen molar-refractivity contribution in [3.63, 3.8) is 0 Å². The Morgan fingerprint density at radius 3 is 2.55 bits per heavy atom. The van der Waals surface area contributed by atoms with Crippen LogP contribution >= 0.6 is 11.8 Å². The lowest BCUT2D eigenvalue weighted by Crippen LogP contribution is -2.36. The number of hydrogen-bond donors (Lipinski definition) is 2. The fraction of sp³-hybridized carbons (Fsp3) is 0.227. The van der Waals surface area contributed by atoms with E-state index in [1.165, 1.54) is 12.1 Å². The molecule has 0 bridgehead atoms. The third-order valence-corrected chi connectivity index (χ3v) is 5.70. The number of nitrogens with zero attached hydrogens (tertiary/aromatic N) is 2. The minimum absolute atomic E-state index is 0.0118. The molecule has 0 unspecified atom stereocenters. The van der Waals surface area contributed by atoms with Crippen LogP contribution in [0, 0.1) is 24.0 Å². The SMILES string of the molecule is CCOc1cc(/C=C2\SC(=O)N(CC(=O)Nc3c(C)cccc3C)C2=O)cc([N+](=O)[O-])c1O. The van der Waals surface area contributed by atoms with E-state index in [-0.39, 0.29) is 22.8 Å². The van der Waals surface area contributed by atoms with Crippen LogP contribution in [0.25, 0.3) is 6.08 Å². The molecule has 1 fully saturated rings. The topological polar surface area (TPSA) is 139 Å². The number of nitro benzene ring substituents is 1. The van der Waals surface area contributed by atoms with E-state index in [0.717, 1.165) is 22.1 Å². The highest BCUT2D eigenvalue weighted by Gasteiger charge is 2.36. The van der Waals surface area contributed by atoms with Crippen molar-refractivity contribution in [2.45, 2.75) is 20.8 Å². The van der Waals surface area contributed by atoms with E-state index in [2.05, 4.69) is 5.32 Å². The van der Waals surface area contributed by atoms with E-state index in [9.17, 15) is 29.6 Å². The van der Waals surface area contributed by atoms with Crippen LogP contribution in [0.15, 0.2) is 35.2 Å². The van der Waals surface area contributed by atoms with Gasteiger partial charge in [0, 0.05) is 11.8 Å². The number of nitrogens with one attached hydrogen (secondary N) is 1. The first-order valence-electron chi connectivity index (χ1n) is 9.88. The molecule has 0 radical (unpaired) electrons. The van der Waals surface area contributed by atoms with Gasteiger partial charge in [-0.1, -0.05) is 18.2 Å². The number of phenols is 1. The van der Waals surface area contributed by atoms with Crippen molar-refractivity contribution >= 4 is 46.3 Å². The number of rotatable bonds is 7. The van der Waals surface area contributed by atoms with Crippen LogP contribution in [0.1, 0.15) is 23.6 Å². The highest BCUT2D eigenvalue weighted by Crippen LogP contribution is 2.39. The Balaban J connectivity index is 1.82. The van der Waals surface area contributed by atoms with Crippen LogP contribution in [0.2, 0.25) is 0 Å². The molecular formula is C22H21N3O7S. The normalized spacial score (nSPS) is 14.6. The molecule has 0 atom stereocenters. The Bertz CT molecular complexity index is 1170. The number of amides is 3. The minimum Gasteiger partial charge on any atom is -0.500 e. The number of para-hydroxylation sites is 1. The molecule has 1 heterocycles. The molecule has 172 valence electrons. The van der Waals surface area contributed by atoms with Crippen molar-refractivity contribution < 1.29 is 29.2 Å². The van der Waals surface area contributed by atoms with Crippen molar-refractivity contribution in [3.8, 4) is 11.5 Å². The summed E-state index contributed by atoms with van der Waals surface area (Å²) in [7, 11) is 0. The molecule has 11 heteroatoms. The number of aromatic hydroxyl groups is 1. The number of carbonyl (C=O) groups is 3. The lowest BCUT2D eigenvalue weighted by Gasteiger charge is -2.15. The van der Waals surface area contributed by atoms with Crippen molar-refractivity contribution in [3.05, 3.63) is 62.0 Å². The number of ether oxygens (including phenoxy) is 1. The first-order chi connectivity index (χ1) is 15.6. The number of carbonyl (C=O) groups excluding carboxylic acids is 3. The number of phenolic OH excluding ortho intramolecular Hbond substituents is 1. The van der Waals surface area contributed by atoms with Gasteiger partial charge < -0.3 is 15.2 Å². The highest BCUT2D eigenvalue weighted by atomic mass is 32.2. The van der Waals surface area contributed by atoms with Crippen LogP contribution in [0.3, 0.4) is 0 Å². The predicted molar refractivity (Wildman–Crippen MR) is 123 cm³/mol. The fourth-order valence-corrected chi connectivity index (χ4v) is 4.06. The molecular weight excluding hydrogens is 450 g/mol. The first-order valence-corrected chi connectivity index (χ1v) is 10.7. The van der Waals surface area contributed by atoms with E-state index in [4.69, 9.17) is 4.74 Å². The van der Waals surface area contributed by atoms with E-state index in [0.29, 0.717) is 17.4 Å². The van der Waals surface area contributed by atoms with Gasteiger partial charge in [-0.05, 0) is 61.4 Å². The van der Waals surface area contributed by atoms with Crippen molar-refractivity contribution in [1.29, 1.82) is 0 Å². The molecule has 0 aromatic heterocycles. The van der Waals surface area contributed by atoms with Gasteiger partial charge in [0.05, 0.1) is 16.4 Å². The summed E-state index contributed by atoms with van der Waals surface area (Å²) in [5.74, 6) is -1.98. The van der Waals surface area contributed by atoms with Crippen LogP contribution in [0.5, 0.6) is 11.5 Å². The van der Waals surface area contributed by atoms with Crippen molar-refractivity contribution in [2.75, 3.05) is 18.5 Å². The Kier molecular flexibility index (Phi) is 7.02. The van der Waals surface area contributed by atoms with Gasteiger partial charge in [-0.15, -0.1) is 0 Å². The summed E-state index contributed by atoms with van der Waals surface area (Å²) < 4.78 is 5.22. The molecule has 0 aliphatic carbocycles. The van der Waals surface area contributed by atoms with Crippen molar-refractivity contribution in [2.24, 2.45) is 0 Å². The van der Waals surface area contributed by atoms with Gasteiger partial charge in [0.1, 0.15) is 6.54 Å². The molecule has 10 nitrogen and oxygen atoms in total. The molecule has 1 saturated heterocycles. The van der Waals surface area contributed by atoms with Crippen LogP contribution in [-0.4, -0.2) is 45.1 Å². The van der Waals surface area contributed by atoms with Gasteiger partial charge >= 0.3 is 5.69 Å². The smallest absolute Gasteiger partial charge is 0.315 e. The maximum atomic E-state index is 12.8. The summed E-state index contributed by atoms with van der Waals surface area (Å²) in [6.07, 6.45) is 1.28. The van der Waals surface area contributed by atoms with Gasteiger partial charge in [0.15, 0.2) is 5.75 Å². The van der Waals surface area contributed by atoms with E-state index in [1.807, 2.05) is 32.0 Å². The summed E-state index contributed by atoms with van der Waals surface area (Å²) in [4.78, 5) is 48.9. The number of imide groups is 1. The second-order valence-electron chi connectivity index (χ2n) is 7.16. The molecule has 1 aliphatic heterocycles. The molecule has 0 saturated carbocycles. The van der Waals surface area contributed by atoms with E-state index in [1.54, 1.807) is 6.92 Å². The van der Waals surface area contributed by atoms with Crippen LogP contribution < -0.4 is 10.1 Å². The van der Waals surface area contributed by atoms with Crippen LogP contribution in [0.4, 0.5) is 16.2 Å². The predicted octanol–water partition coefficient (Wildman–Crippen LogP) is 3.99. The minimum atomic E-state index is -0.779. The molecule has 3 amide bonds. The second kappa shape index (κ2) is 9.74. The third kappa shape index (κ3) is 5.14. The summed E-state index contributed by atoms with van der Waals surface area (Å²) >= 11 is 0.614. The summed E-state index contributed by atoms with van der Waals surface area (Å²) in [5.41, 5.74) is 1.89. The van der Waals surface area contributed by atoms with E-state index >= 15 is 0 Å². The fourth-order valence-electron chi connectivity index (χ4n) is 3.22. The zero-order chi connectivity index (χ0) is 24.3. The van der Waals surface area contributed by atoms with Gasteiger partial charge in [-0.3, -0.25) is 29.4 Å². The summed E-state index contributed by atoms with van der Waals surface area (Å²) in [5, 5.41) is 23.3. The average molecular weight is 471 g/mol. The number of thioether (sulfide) groups is 1. The number of benzene rings is 2. The third-order valence-electron chi connectivity index (χ3n) is 4.79. The maximum absolute atomic E-state index is 12.8. The van der Waals surface area contributed by atoms with Gasteiger partial charge in [0.25, 0.3) is 11.1 Å². The highest BCUT2D eigenvalue weighted by molar-refractivity contribution is 8.18. The monoisotopic (exact) mass is 471 g/mol. The second-order valence-corrected chi connectivity index (χ2v) is 8.15. The van der Waals surface area contributed by atoms with Crippen molar-refractivity contribution in [1.82, 2.24) is 4.90 Å². The molecule has 0 spiro atoms. The standard InChI is InChI=1S/C22H21N3O7S/c1-4-32-16-9-14(8-15(20(16)27)25(30)31)10-17-21(28)24(22(29)33-17)11-18(26)23-19-12(2)6-5-7-13(19)3/h5-10,27H,4,11H2,1-3H3,(H,23,26)/b17-10-. The summed E-state index contributed by atoms with van der Waals surface area (Å²) in [6, 6.07) is 7.91.